The molecule has 0 amide bonds. The van der Waals surface area contributed by atoms with Crippen LogP contribution in [0.3, 0.4) is 0 Å². The van der Waals surface area contributed by atoms with Crippen molar-refractivity contribution in [3.8, 4) is 5.69 Å². The Kier molecular flexibility index (Phi) is 4.13. The Labute approximate surface area is 141 Å². The predicted octanol–water partition coefficient (Wildman–Crippen LogP) is 2.40. The molecule has 6 nitrogen and oxygen atoms in total. The highest BCUT2D eigenvalue weighted by molar-refractivity contribution is 5.29. The van der Waals surface area contributed by atoms with Crippen LogP contribution >= 0.6 is 0 Å². The van der Waals surface area contributed by atoms with E-state index in [1.807, 2.05) is 36.5 Å². The van der Waals surface area contributed by atoms with Crippen LogP contribution in [0, 0.1) is 6.92 Å². The van der Waals surface area contributed by atoms with E-state index in [1.54, 1.807) is 4.68 Å². The van der Waals surface area contributed by atoms with E-state index in [9.17, 15) is 0 Å². The highest BCUT2D eigenvalue weighted by atomic mass is 15.4. The van der Waals surface area contributed by atoms with E-state index in [-0.39, 0.29) is 0 Å². The summed E-state index contributed by atoms with van der Waals surface area (Å²) in [5.74, 6) is 1.14. The summed E-state index contributed by atoms with van der Waals surface area (Å²) in [6.07, 6.45) is 5.64. The van der Waals surface area contributed by atoms with Crippen molar-refractivity contribution in [3.05, 3.63) is 59.4 Å². The smallest absolute Gasteiger partial charge is 0.106 e. The van der Waals surface area contributed by atoms with Crippen molar-refractivity contribution in [2.45, 2.75) is 45.8 Å². The third-order valence-corrected chi connectivity index (χ3v) is 4.55. The largest absolute Gasteiger partial charge is 0.332 e. The van der Waals surface area contributed by atoms with Crippen LogP contribution in [0.5, 0.6) is 0 Å². The maximum absolute atomic E-state index is 4.74. The molecule has 0 saturated heterocycles. The van der Waals surface area contributed by atoms with E-state index in [0.717, 1.165) is 36.7 Å². The van der Waals surface area contributed by atoms with E-state index in [4.69, 9.17) is 4.98 Å². The van der Waals surface area contributed by atoms with Gasteiger partial charge in [-0.1, -0.05) is 23.4 Å². The molecule has 0 unspecified atom stereocenters. The van der Waals surface area contributed by atoms with Crippen molar-refractivity contribution in [2.24, 2.45) is 0 Å². The molecule has 3 aromatic rings. The molecule has 1 N–H and O–H groups in total. The highest BCUT2D eigenvalue weighted by Gasteiger charge is 2.17. The molecule has 1 aliphatic heterocycles. The molecule has 0 spiro atoms. The van der Waals surface area contributed by atoms with E-state index < -0.39 is 0 Å². The molecule has 2 aromatic heterocycles. The fourth-order valence-electron chi connectivity index (χ4n) is 3.35. The predicted molar refractivity (Wildman–Crippen MR) is 91.8 cm³/mol. The average molecular weight is 322 g/mol. The normalized spacial score (nSPS) is 13.9. The minimum atomic E-state index is 0.693. The fourth-order valence-corrected chi connectivity index (χ4v) is 3.35. The SMILES string of the molecule is Cc1nc(CNCc2cn(-c3ccccc3)nn2)c2n1CCCC2. The van der Waals surface area contributed by atoms with E-state index >= 15 is 0 Å². The number of aromatic nitrogens is 5. The van der Waals surface area contributed by atoms with Gasteiger partial charge in [0.05, 0.1) is 23.3 Å². The molecule has 4 rings (SSSR count). The van der Waals surface area contributed by atoms with Crippen LogP contribution < -0.4 is 5.32 Å². The number of hydrogen-bond donors (Lipinski definition) is 1. The molecule has 0 saturated carbocycles. The molecule has 3 heterocycles. The minimum absolute atomic E-state index is 0.693. The lowest BCUT2D eigenvalue weighted by Crippen LogP contribution is -2.17. The topological polar surface area (TPSA) is 60.6 Å². The quantitative estimate of drug-likeness (QED) is 0.783. The summed E-state index contributed by atoms with van der Waals surface area (Å²) in [7, 11) is 0. The van der Waals surface area contributed by atoms with Gasteiger partial charge in [0.25, 0.3) is 0 Å². The number of aryl methyl sites for hydroxylation is 1. The molecule has 0 bridgehead atoms. The van der Waals surface area contributed by atoms with E-state index in [1.165, 1.54) is 24.2 Å². The zero-order valence-corrected chi connectivity index (χ0v) is 13.9. The summed E-state index contributed by atoms with van der Waals surface area (Å²) in [4.78, 5) is 4.74. The van der Waals surface area contributed by atoms with Gasteiger partial charge in [-0.15, -0.1) is 5.10 Å². The Morgan fingerprint density at radius 2 is 2.00 bits per heavy atom. The summed E-state index contributed by atoms with van der Waals surface area (Å²) in [5, 5.41) is 11.9. The molecule has 124 valence electrons. The molecule has 1 aliphatic rings. The summed E-state index contributed by atoms with van der Waals surface area (Å²) in [5.41, 5.74) is 4.54. The molecule has 0 fully saturated rings. The first kappa shape index (κ1) is 15.1. The standard InChI is InChI=1S/C18H22N6/c1-14-20-17(18-9-5-6-10-23(14)18)12-19-11-15-13-24(22-21-15)16-7-3-2-4-8-16/h2-4,7-8,13,19H,5-6,9-12H2,1H3. The summed E-state index contributed by atoms with van der Waals surface area (Å²) in [6, 6.07) is 10.0. The first-order chi connectivity index (χ1) is 11.8. The van der Waals surface area contributed by atoms with Crippen molar-refractivity contribution in [1.29, 1.82) is 0 Å². The minimum Gasteiger partial charge on any atom is -0.332 e. The molecule has 0 aliphatic carbocycles. The molecule has 0 atom stereocenters. The van der Waals surface area contributed by atoms with Gasteiger partial charge in [-0.2, -0.15) is 0 Å². The number of nitrogens with one attached hydrogen (secondary N) is 1. The Morgan fingerprint density at radius 3 is 2.88 bits per heavy atom. The molecular weight excluding hydrogens is 300 g/mol. The van der Waals surface area contributed by atoms with Gasteiger partial charge in [0.1, 0.15) is 5.82 Å². The second kappa shape index (κ2) is 6.57. The first-order valence-corrected chi connectivity index (χ1v) is 8.53. The summed E-state index contributed by atoms with van der Waals surface area (Å²) < 4.78 is 4.17. The van der Waals surface area contributed by atoms with E-state index in [2.05, 4.69) is 27.1 Å². The zero-order chi connectivity index (χ0) is 16.4. The highest BCUT2D eigenvalue weighted by Crippen LogP contribution is 2.20. The number of para-hydroxylation sites is 1. The van der Waals surface area contributed by atoms with Crippen molar-refractivity contribution in [3.63, 3.8) is 0 Å². The third-order valence-electron chi connectivity index (χ3n) is 4.55. The van der Waals surface area contributed by atoms with E-state index in [0.29, 0.717) is 6.54 Å². The number of fused-ring (bicyclic) bond motifs is 1. The van der Waals surface area contributed by atoms with Gasteiger partial charge in [-0.3, -0.25) is 0 Å². The monoisotopic (exact) mass is 322 g/mol. The number of benzene rings is 1. The lowest BCUT2D eigenvalue weighted by atomic mass is 10.1. The van der Waals surface area contributed by atoms with Gasteiger partial charge in [0, 0.05) is 25.3 Å². The first-order valence-electron chi connectivity index (χ1n) is 8.53. The average Bonchev–Trinajstić information content (AvgIpc) is 3.22. The molecule has 0 radical (unpaired) electrons. The molecule has 1 aromatic carbocycles. The van der Waals surface area contributed by atoms with Gasteiger partial charge < -0.3 is 9.88 Å². The van der Waals surface area contributed by atoms with Crippen LogP contribution in [0.1, 0.15) is 35.7 Å². The fraction of sp³-hybridized carbons (Fsp3) is 0.389. The van der Waals surface area contributed by atoms with Gasteiger partial charge >= 0.3 is 0 Å². The van der Waals surface area contributed by atoms with Gasteiger partial charge in [-0.05, 0) is 38.3 Å². The second-order valence-electron chi connectivity index (χ2n) is 6.25. The van der Waals surface area contributed by atoms with Crippen LogP contribution in [-0.4, -0.2) is 24.5 Å². The van der Waals surface area contributed by atoms with Gasteiger partial charge in [0.15, 0.2) is 0 Å². The second-order valence-corrected chi connectivity index (χ2v) is 6.25. The Bertz CT molecular complexity index is 817. The number of imidazole rings is 1. The molecule has 6 heteroatoms. The van der Waals surface area contributed by atoms with Gasteiger partial charge in [-0.25, -0.2) is 9.67 Å². The zero-order valence-electron chi connectivity index (χ0n) is 13.9. The van der Waals surface area contributed by atoms with Crippen LogP contribution in [-0.2, 0) is 26.1 Å². The summed E-state index contributed by atoms with van der Waals surface area (Å²) >= 11 is 0. The van der Waals surface area contributed by atoms with Gasteiger partial charge in [0.2, 0.25) is 0 Å². The van der Waals surface area contributed by atoms with Crippen LogP contribution in [0.25, 0.3) is 5.69 Å². The number of rotatable bonds is 5. The van der Waals surface area contributed by atoms with Crippen molar-refractivity contribution < 1.29 is 0 Å². The number of nitrogens with zero attached hydrogens (tertiary/aromatic N) is 5. The van der Waals surface area contributed by atoms with Crippen molar-refractivity contribution >= 4 is 0 Å². The molecular formula is C18H22N6. The van der Waals surface area contributed by atoms with Crippen LogP contribution in [0.4, 0.5) is 0 Å². The molecule has 24 heavy (non-hydrogen) atoms. The van der Waals surface area contributed by atoms with Crippen molar-refractivity contribution in [2.75, 3.05) is 0 Å². The maximum atomic E-state index is 4.74. The maximum Gasteiger partial charge on any atom is 0.106 e. The number of hydrogen-bond acceptors (Lipinski definition) is 4. The Hall–Kier alpha value is -2.47. The Morgan fingerprint density at radius 1 is 1.12 bits per heavy atom. The summed E-state index contributed by atoms with van der Waals surface area (Å²) in [6.45, 7) is 4.68. The van der Waals surface area contributed by atoms with Crippen LogP contribution in [0.15, 0.2) is 36.5 Å². The lowest BCUT2D eigenvalue weighted by Gasteiger charge is -2.16. The lowest BCUT2D eigenvalue weighted by molar-refractivity contribution is 0.517. The van der Waals surface area contributed by atoms with Crippen LogP contribution in [0.2, 0.25) is 0 Å². The third kappa shape index (κ3) is 2.97. The Balaban J connectivity index is 1.39. The van der Waals surface area contributed by atoms with Crippen molar-refractivity contribution in [1.82, 2.24) is 29.9 Å².